The number of hydrogen-bond donors (Lipinski definition) is 1. The van der Waals surface area contributed by atoms with Crippen LogP contribution in [0, 0.1) is 11.8 Å². The number of piperidine rings is 1. The minimum Gasteiger partial charge on any atom is -0.376 e. The van der Waals surface area contributed by atoms with Gasteiger partial charge in [0.15, 0.2) is 0 Å². The van der Waals surface area contributed by atoms with Gasteiger partial charge in [-0.15, -0.1) is 0 Å². The predicted molar refractivity (Wildman–Crippen MR) is 76.0 cm³/mol. The summed E-state index contributed by atoms with van der Waals surface area (Å²) in [6.45, 7) is 4.57. The fraction of sp³-hybridized carbons (Fsp3) is 0.600. The topological polar surface area (TPSA) is 21.3 Å². The molecule has 0 aliphatic carbocycles. The molecule has 0 bridgehead atoms. The van der Waals surface area contributed by atoms with Crippen molar-refractivity contribution in [3.05, 3.63) is 34.9 Å². The number of halogens is 1. The molecule has 1 aliphatic rings. The smallest absolute Gasteiger partial charge is 0.0849 e. The summed E-state index contributed by atoms with van der Waals surface area (Å²) in [4.78, 5) is 0. The molecule has 0 aromatic heterocycles. The Kier molecular flexibility index (Phi) is 5.04. The van der Waals surface area contributed by atoms with Gasteiger partial charge in [0.2, 0.25) is 0 Å². The van der Waals surface area contributed by atoms with Crippen LogP contribution in [0.1, 0.15) is 31.4 Å². The lowest BCUT2D eigenvalue weighted by Gasteiger charge is -2.33. The van der Waals surface area contributed by atoms with Crippen LogP contribution < -0.4 is 5.32 Å². The number of rotatable bonds is 4. The predicted octanol–water partition coefficient (Wildman–Crippen LogP) is 3.66. The molecule has 2 rings (SSSR count). The van der Waals surface area contributed by atoms with Gasteiger partial charge >= 0.3 is 0 Å². The Morgan fingerprint density at radius 3 is 2.39 bits per heavy atom. The molecule has 1 aromatic carbocycles. The highest BCUT2D eigenvalue weighted by Crippen LogP contribution is 2.35. The molecule has 1 saturated heterocycles. The third-order valence-corrected chi connectivity index (χ3v) is 4.31. The van der Waals surface area contributed by atoms with Gasteiger partial charge in [0, 0.05) is 12.1 Å². The highest BCUT2D eigenvalue weighted by atomic mass is 35.5. The van der Waals surface area contributed by atoms with Gasteiger partial charge in [0.25, 0.3) is 0 Å². The van der Waals surface area contributed by atoms with Gasteiger partial charge in [-0.1, -0.05) is 30.7 Å². The van der Waals surface area contributed by atoms with Crippen LogP contribution >= 0.6 is 11.6 Å². The van der Waals surface area contributed by atoms with E-state index < -0.39 is 0 Å². The Morgan fingerprint density at radius 1 is 1.22 bits per heavy atom. The average Bonchev–Trinajstić information content (AvgIpc) is 2.42. The summed E-state index contributed by atoms with van der Waals surface area (Å²) >= 11 is 5.94. The molecule has 0 saturated carbocycles. The van der Waals surface area contributed by atoms with Crippen LogP contribution in [-0.2, 0) is 4.74 Å². The Bertz CT molecular complexity index is 359. The zero-order valence-corrected chi connectivity index (χ0v) is 11.9. The van der Waals surface area contributed by atoms with Crippen LogP contribution in [0.15, 0.2) is 24.3 Å². The van der Waals surface area contributed by atoms with Crippen molar-refractivity contribution in [3.63, 3.8) is 0 Å². The van der Waals surface area contributed by atoms with Crippen molar-refractivity contribution in [3.8, 4) is 0 Å². The van der Waals surface area contributed by atoms with E-state index in [1.165, 1.54) is 18.4 Å². The molecule has 0 amide bonds. The Balaban J connectivity index is 2.09. The molecule has 18 heavy (non-hydrogen) atoms. The van der Waals surface area contributed by atoms with Crippen LogP contribution in [0.3, 0.4) is 0 Å². The van der Waals surface area contributed by atoms with E-state index in [2.05, 4.69) is 24.4 Å². The first-order chi connectivity index (χ1) is 8.72. The SMILES string of the molecule is COC(c1ccc(Cl)cc1)C(C)C1CCNCC1. The molecule has 1 aromatic rings. The van der Waals surface area contributed by atoms with Crippen molar-refractivity contribution in [2.24, 2.45) is 11.8 Å². The maximum atomic E-state index is 5.94. The lowest BCUT2D eigenvalue weighted by molar-refractivity contribution is 0.0263. The van der Waals surface area contributed by atoms with Crippen LogP contribution in [0.4, 0.5) is 0 Å². The number of nitrogens with one attached hydrogen (secondary N) is 1. The second-order valence-corrected chi connectivity index (χ2v) is 5.59. The summed E-state index contributed by atoms with van der Waals surface area (Å²) in [6, 6.07) is 8.04. The summed E-state index contributed by atoms with van der Waals surface area (Å²) in [6.07, 6.45) is 2.66. The third-order valence-electron chi connectivity index (χ3n) is 4.06. The molecule has 2 nitrogen and oxygen atoms in total. The summed E-state index contributed by atoms with van der Waals surface area (Å²) in [5.74, 6) is 1.28. The maximum Gasteiger partial charge on any atom is 0.0849 e. The highest BCUT2D eigenvalue weighted by Gasteiger charge is 2.27. The molecule has 2 atom stereocenters. The Hall–Kier alpha value is -0.570. The van der Waals surface area contributed by atoms with Crippen molar-refractivity contribution in [2.45, 2.75) is 25.9 Å². The maximum absolute atomic E-state index is 5.94. The molecule has 100 valence electrons. The number of benzene rings is 1. The van der Waals surface area contributed by atoms with E-state index in [-0.39, 0.29) is 6.10 Å². The summed E-state index contributed by atoms with van der Waals surface area (Å²) in [7, 11) is 1.80. The van der Waals surface area contributed by atoms with E-state index in [1.54, 1.807) is 7.11 Å². The van der Waals surface area contributed by atoms with Crippen LogP contribution in [0.2, 0.25) is 5.02 Å². The van der Waals surface area contributed by atoms with Gasteiger partial charge in [0.1, 0.15) is 0 Å². The van der Waals surface area contributed by atoms with Gasteiger partial charge in [-0.25, -0.2) is 0 Å². The molecule has 1 fully saturated rings. The number of ether oxygens (including phenoxy) is 1. The van der Waals surface area contributed by atoms with Crippen molar-refractivity contribution in [1.82, 2.24) is 5.32 Å². The van der Waals surface area contributed by atoms with Crippen molar-refractivity contribution < 1.29 is 4.74 Å². The fourth-order valence-corrected chi connectivity index (χ4v) is 3.05. The Labute approximate surface area is 115 Å². The van der Waals surface area contributed by atoms with E-state index in [0.717, 1.165) is 24.0 Å². The minimum atomic E-state index is 0.172. The standard InChI is InChI=1S/C15H22ClNO/c1-11(12-7-9-17-10-8-12)15(18-2)13-3-5-14(16)6-4-13/h3-6,11-12,15,17H,7-10H2,1-2H3. The van der Waals surface area contributed by atoms with Gasteiger partial charge in [0.05, 0.1) is 6.10 Å². The van der Waals surface area contributed by atoms with Crippen molar-refractivity contribution in [2.75, 3.05) is 20.2 Å². The fourth-order valence-electron chi connectivity index (χ4n) is 2.92. The van der Waals surface area contributed by atoms with E-state index >= 15 is 0 Å². The monoisotopic (exact) mass is 267 g/mol. The molecule has 2 unspecified atom stereocenters. The van der Waals surface area contributed by atoms with E-state index in [9.17, 15) is 0 Å². The van der Waals surface area contributed by atoms with Crippen molar-refractivity contribution >= 4 is 11.6 Å². The van der Waals surface area contributed by atoms with Crippen molar-refractivity contribution in [1.29, 1.82) is 0 Å². The molecule has 1 N–H and O–H groups in total. The Morgan fingerprint density at radius 2 is 1.83 bits per heavy atom. The van der Waals surface area contributed by atoms with Crippen LogP contribution in [0.25, 0.3) is 0 Å². The van der Waals surface area contributed by atoms with Gasteiger partial charge in [-0.2, -0.15) is 0 Å². The number of hydrogen-bond acceptors (Lipinski definition) is 2. The first kappa shape index (κ1) is 13.9. The lowest BCUT2D eigenvalue weighted by Crippen LogP contribution is -2.33. The van der Waals surface area contributed by atoms with Gasteiger partial charge in [-0.05, 0) is 55.5 Å². The summed E-state index contributed by atoms with van der Waals surface area (Å²) < 4.78 is 5.73. The number of methoxy groups -OCH3 is 1. The minimum absolute atomic E-state index is 0.172. The highest BCUT2D eigenvalue weighted by molar-refractivity contribution is 6.30. The van der Waals surface area contributed by atoms with E-state index in [4.69, 9.17) is 16.3 Å². The van der Waals surface area contributed by atoms with Gasteiger partial charge in [-0.3, -0.25) is 0 Å². The van der Waals surface area contributed by atoms with Crippen LogP contribution in [-0.4, -0.2) is 20.2 Å². The first-order valence-electron chi connectivity index (χ1n) is 6.71. The second kappa shape index (κ2) is 6.55. The quantitative estimate of drug-likeness (QED) is 0.899. The second-order valence-electron chi connectivity index (χ2n) is 5.15. The molecule has 0 spiro atoms. The third kappa shape index (κ3) is 3.25. The summed E-state index contributed by atoms with van der Waals surface area (Å²) in [5, 5.41) is 4.20. The zero-order valence-electron chi connectivity index (χ0n) is 11.2. The molecule has 1 aliphatic heterocycles. The van der Waals surface area contributed by atoms with Gasteiger partial charge < -0.3 is 10.1 Å². The zero-order chi connectivity index (χ0) is 13.0. The van der Waals surface area contributed by atoms with Crippen LogP contribution in [0.5, 0.6) is 0 Å². The molecule has 1 heterocycles. The molecular weight excluding hydrogens is 246 g/mol. The normalized spacial score (nSPS) is 20.6. The molecule has 0 radical (unpaired) electrons. The van der Waals surface area contributed by atoms with E-state index in [0.29, 0.717) is 5.92 Å². The molecule has 3 heteroatoms. The first-order valence-corrected chi connectivity index (χ1v) is 7.09. The lowest BCUT2D eigenvalue weighted by atomic mass is 9.80. The van der Waals surface area contributed by atoms with E-state index in [1.807, 2.05) is 12.1 Å². The molecular formula is C15H22ClNO. The largest absolute Gasteiger partial charge is 0.376 e. The summed E-state index contributed by atoms with van der Waals surface area (Å²) in [5.41, 5.74) is 1.23. The average molecular weight is 268 g/mol.